The molecule has 0 saturated heterocycles. The second-order valence-corrected chi connectivity index (χ2v) is 7.50. The van der Waals surface area contributed by atoms with E-state index in [0.717, 1.165) is 0 Å². The van der Waals surface area contributed by atoms with Gasteiger partial charge in [0.05, 0.1) is 22.2 Å². The van der Waals surface area contributed by atoms with E-state index in [2.05, 4.69) is 5.32 Å². The predicted molar refractivity (Wildman–Crippen MR) is 125 cm³/mol. The van der Waals surface area contributed by atoms with Gasteiger partial charge in [-0.25, -0.2) is 0 Å². The molecule has 0 unspecified atom stereocenters. The lowest BCUT2D eigenvalue weighted by Gasteiger charge is -2.23. The Balaban J connectivity index is 1.54. The Kier molecular flexibility index (Phi) is 8.25. The van der Waals surface area contributed by atoms with Gasteiger partial charge < -0.3 is 10.1 Å². The van der Waals surface area contributed by atoms with Crippen LogP contribution in [0.15, 0.2) is 78.9 Å². The second kappa shape index (κ2) is 11.3. The quantitative estimate of drug-likeness (QED) is 0.433. The average molecular weight is 471 g/mol. The third-order valence-electron chi connectivity index (χ3n) is 4.41. The number of carbonyl (C=O) groups is 3. The summed E-state index contributed by atoms with van der Waals surface area (Å²) in [6.07, 6.45) is -0.245. The maximum absolute atomic E-state index is 12.9. The molecule has 0 radical (unpaired) electrons. The molecule has 0 aromatic heterocycles. The van der Waals surface area contributed by atoms with E-state index in [1.807, 2.05) is 60.7 Å². The third-order valence-corrected chi connectivity index (χ3v) is 5.23. The van der Waals surface area contributed by atoms with E-state index in [4.69, 9.17) is 27.9 Å². The molecule has 3 rings (SSSR count). The summed E-state index contributed by atoms with van der Waals surface area (Å²) in [5.41, 5.74) is 1.70. The minimum absolute atomic E-state index is 0.0790. The normalized spacial score (nSPS) is 10.3. The molecule has 164 valence electrons. The highest BCUT2D eigenvalue weighted by Gasteiger charge is 2.19. The summed E-state index contributed by atoms with van der Waals surface area (Å²) in [6.45, 7) is -0.503. The highest BCUT2D eigenvalue weighted by Crippen LogP contribution is 2.29. The fraction of sp³-hybridized carbons (Fsp3) is 0.125. The molecule has 32 heavy (non-hydrogen) atoms. The van der Waals surface area contributed by atoms with Crippen molar-refractivity contribution in [3.05, 3.63) is 88.9 Å². The summed E-state index contributed by atoms with van der Waals surface area (Å²) in [5.74, 6) is -1.50. The van der Waals surface area contributed by atoms with E-state index < -0.39 is 18.5 Å². The second-order valence-electron chi connectivity index (χ2n) is 6.71. The number of hydrogen-bond acceptors (Lipinski definition) is 4. The molecule has 6 nitrogen and oxygen atoms in total. The molecule has 0 bridgehead atoms. The number of carbonyl (C=O) groups excluding carboxylic acids is 3. The first-order valence-electron chi connectivity index (χ1n) is 9.78. The lowest BCUT2D eigenvalue weighted by molar-refractivity contribution is -0.148. The summed E-state index contributed by atoms with van der Waals surface area (Å²) >= 11 is 11.9. The first-order chi connectivity index (χ1) is 15.5. The van der Waals surface area contributed by atoms with Crippen molar-refractivity contribution in [3.63, 3.8) is 0 Å². The Morgan fingerprint density at radius 1 is 0.781 bits per heavy atom. The van der Waals surface area contributed by atoms with Crippen molar-refractivity contribution < 1.29 is 19.1 Å². The number of para-hydroxylation sites is 2. The summed E-state index contributed by atoms with van der Waals surface area (Å²) in [5, 5.41) is 3.01. The van der Waals surface area contributed by atoms with Crippen LogP contribution in [0.4, 0.5) is 17.1 Å². The van der Waals surface area contributed by atoms with Crippen LogP contribution < -0.4 is 10.2 Å². The van der Waals surface area contributed by atoms with Gasteiger partial charge >= 0.3 is 5.97 Å². The summed E-state index contributed by atoms with van der Waals surface area (Å²) in [7, 11) is 0. The molecule has 0 atom stereocenters. The number of hydrogen-bond donors (Lipinski definition) is 1. The molecule has 3 aromatic rings. The molecule has 0 heterocycles. The largest absolute Gasteiger partial charge is 0.456 e. The minimum atomic E-state index is -0.660. The molecule has 0 spiro atoms. The molecule has 1 N–H and O–H groups in total. The van der Waals surface area contributed by atoms with Crippen molar-refractivity contribution in [2.75, 3.05) is 16.8 Å². The number of nitrogens with zero attached hydrogens (tertiary/aromatic N) is 1. The standard InChI is InChI=1S/C24H20Cl2N2O4/c25-19-12-7-13-20(24(19)26)27-21(29)16-32-23(31)15-14-22(30)28(17-8-3-1-4-9-17)18-10-5-2-6-11-18/h1-13H,14-16H2,(H,27,29). The lowest BCUT2D eigenvalue weighted by Crippen LogP contribution is -2.27. The number of rotatable bonds is 8. The van der Waals surface area contributed by atoms with E-state index in [1.165, 1.54) is 0 Å². The zero-order chi connectivity index (χ0) is 22.9. The molecular weight excluding hydrogens is 451 g/mol. The van der Waals surface area contributed by atoms with E-state index in [1.54, 1.807) is 23.1 Å². The van der Waals surface area contributed by atoms with Gasteiger partial charge in [-0.15, -0.1) is 0 Å². The van der Waals surface area contributed by atoms with Crippen LogP contribution >= 0.6 is 23.2 Å². The predicted octanol–water partition coefficient (Wildman–Crippen LogP) is 5.62. The number of amides is 2. The molecule has 3 aromatic carbocycles. The van der Waals surface area contributed by atoms with E-state index in [0.29, 0.717) is 22.1 Å². The van der Waals surface area contributed by atoms with Gasteiger partial charge in [0.15, 0.2) is 6.61 Å². The molecule has 2 amide bonds. The number of benzene rings is 3. The topological polar surface area (TPSA) is 75.7 Å². The SMILES string of the molecule is O=C(COC(=O)CCC(=O)N(c1ccccc1)c1ccccc1)Nc1cccc(Cl)c1Cl. The van der Waals surface area contributed by atoms with E-state index in [-0.39, 0.29) is 23.8 Å². The van der Waals surface area contributed by atoms with Crippen molar-refractivity contribution >= 4 is 58.0 Å². The Morgan fingerprint density at radius 3 is 1.97 bits per heavy atom. The highest BCUT2D eigenvalue weighted by molar-refractivity contribution is 6.44. The number of halogens is 2. The Bertz CT molecular complexity index is 1050. The van der Waals surface area contributed by atoms with Gasteiger partial charge in [-0.3, -0.25) is 19.3 Å². The van der Waals surface area contributed by atoms with Crippen molar-refractivity contribution in [2.24, 2.45) is 0 Å². The molecule has 0 fully saturated rings. The maximum atomic E-state index is 12.9. The fourth-order valence-electron chi connectivity index (χ4n) is 2.92. The van der Waals surface area contributed by atoms with E-state index in [9.17, 15) is 14.4 Å². The fourth-order valence-corrected chi connectivity index (χ4v) is 3.26. The zero-order valence-electron chi connectivity index (χ0n) is 17.0. The minimum Gasteiger partial charge on any atom is -0.456 e. The maximum Gasteiger partial charge on any atom is 0.306 e. The molecule has 0 saturated carbocycles. The van der Waals surface area contributed by atoms with E-state index >= 15 is 0 Å². The van der Waals surface area contributed by atoms with Crippen LogP contribution in [0, 0.1) is 0 Å². The van der Waals surface area contributed by atoms with Crippen LogP contribution in [0.25, 0.3) is 0 Å². The van der Waals surface area contributed by atoms with Gasteiger partial charge in [-0.05, 0) is 36.4 Å². The first kappa shape index (κ1) is 23.3. The van der Waals surface area contributed by atoms with Crippen molar-refractivity contribution in [1.82, 2.24) is 0 Å². The molecule has 0 aliphatic heterocycles. The Hall–Kier alpha value is -3.35. The van der Waals surface area contributed by atoms with Gasteiger partial charge in [-0.2, -0.15) is 0 Å². The van der Waals surface area contributed by atoms with Crippen LogP contribution in [-0.4, -0.2) is 24.4 Å². The molecule has 0 aliphatic rings. The zero-order valence-corrected chi connectivity index (χ0v) is 18.5. The third kappa shape index (κ3) is 6.33. The van der Waals surface area contributed by atoms with Crippen LogP contribution in [0.1, 0.15) is 12.8 Å². The summed E-state index contributed by atoms with van der Waals surface area (Å²) in [4.78, 5) is 38.6. The van der Waals surface area contributed by atoms with Crippen LogP contribution in [0.5, 0.6) is 0 Å². The monoisotopic (exact) mass is 470 g/mol. The van der Waals surface area contributed by atoms with Gasteiger partial charge in [0.25, 0.3) is 5.91 Å². The van der Waals surface area contributed by atoms with Gasteiger partial charge in [-0.1, -0.05) is 65.7 Å². The van der Waals surface area contributed by atoms with Gasteiger partial charge in [0.1, 0.15) is 0 Å². The van der Waals surface area contributed by atoms with Crippen molar-refractivity contribution in [3.8, 4) is 0 Å². The average Bonchev–Trinajstić information content (AvgIpc) is 2.81. The first-order valence-corrected chi connectivity index (χ1v) is 10.5. The summed E-state index contributed by atoms with van der Waals surface area (Å²) < 4.78 is 4.99. The Labute approximate surface area is 195 Å². The number of ether oxygens (including phenoxy) is 1. The number of nitrogens with one attached hydrogen (secondary N) is 1. The van der Waals surface area contributed by atoms with Crippen molar-refractivity contribution in [2.45, 2.75) is 12.8 Å². The van der Waals surface area contributed by atoms with Gasteiger partial charge in [0.2, 0.25) is 5.91 Å². The van der Waals surface area contributed by atoms with Crippen LogP contribution in [0.2, 0.25) is 10.0 Å². The van der Waals surface area contributed by atoms with Crippen LogP contribution in [0.3, 0.4) is 0 Å². The molecule has 8 heteroatoms. The number of esters is 1. The lowest BCUT2D eigenvalue weighted by atomic mass is 10.2. The van der Waals surface area contributed by atoms with Gasteiger partial charge in [0, 0.05) is 17.8 Å². The highest BCUT2D eigenvalue weighted by atomic mass is 35.5. The summed E-state index contributed by atoms with van der Waals surface area (Å²) in [6, 6.07) is 23.1. The van der Waals surface area contributed by atoms with Crippen molar-refractivity contribution in [1.29, 1.82) is 0 Å². The Morgan fingerprint density at radius 2 is 1.38 bits per heavy atom. The molecule has 0 aliphatic carbocycles. The van der Waals surface area contributed by atoms with Crippen LogP contribution in [-0.2, 0) is 19.1 Å². The number of anilines is 3. The smallest absolute Gasteiger partial charge is 0.306 e. The molecular formula is C24H20Cl2N2O4.